The van der Waals surface area contributed by atoms with Crippen LogP contribution in [-0.2, 0) is 0 Å². The number of carboxylic acid groups (broad SMARTS) is 4. The van der Waals surface area contributed by atoms with Crippen LogP contribution in [0.1, 0.15) is 163 Å². The molecule has 4 aliphatic heterocycles. The fourth-order valence-corrected chi connectivity index (χ4v) is 17.0. The summed E-state index contributed by atoms with van der Waals surface area (Å²) in [6, 6.07) is 56.0. The number of hydrogen-bond donors (Lipinski definition) is 4. The first-order valence-electron chi connectivity index (χ1n) is 38.0. The van der Waals surface area contributed by atoms with Gasteiger partial charge < -0.3 is 97.4 Å². The summed E-state index contributed by atoms with van der Waals surface area (Å²) >= 11 is 0. The van der Waals surface area contributed by atoms with Gasteiger partial charge in [-0.2, -0.15) is 0 Å². The van der Waals surface area contributed by atoms with Crippen molar-refractivity contribution in [2.24, 2.45) is 0 Å². The van der Waals surface area contributed by atoms with Crippen LogP contribution in [0.4, 0.5) is 0 Å². The van der Waals surface area contributed by atoms with E-state index in [1.165, 1.54) is 48.5 Å². The zero-order valence-electron chi connectivity index (χ0n) is 65.9. The molecule has 1 aliphatic carbocycles. The first-order chi connectivity index (χ1) is 56.4. The van der Waals surface area contributed by atoms with Crippen molar-refractivity contribution in [3.63, 3.8) is 0 Å². The van der Waals surface area contributed by atoms with Crippen LogP contribution in [-0.4, -0.2) is 63.7 Å². The van der Waals surface area contributed by atoms with E-state index in [0.717, 1.165) is 44.5 Å². The van der Waals surface area contributed by atoms with Crippen molar-refractivity contribution in [2.45, 2.75) is 77.0 Å². The van der Waals surface area contributed by atoms with E-state index in [9.17, 15) is 39.6 Å². The predicted octanol–water partition coefficient (Wildman–Crippen LogP) is 5.40. The molecule has 4 aromatic heterocycles. The standard InChI is InChI=1S/C92H64N8O16.4Na/c1-5-49-53-25-55-50(6-2)57-27-59-52(8-4)60-28-58-51(7-3)56-26-54(49)70-38-72(56)112-80-32-64-66(98-87(96-64)43-13-21-47(22-14-43)91(105)106)34-82(80)114-74(58)40-76(60)116-84-36-68-67(99-88(100-68)44-15-23-48(24-16-44)92(107)108)35-83(84)115-75(59)39-73(57)113-81-33-65-63(95-86(97-65)42-11-19-46(20-12-42)90(103)104)31-79(81)111-71(55)37-69(53)109-77-29-61-62(30-78(77)110-70)94-85(93-61)41-9-17-45(18-10-41)89(101)102;;;;/h9-40,49-52H,5-8H2,1-4H3,(H,93,94)(H,95,97)(H,96,98)(H,99,100)(H,101,102)(H,103,104)(H,105,106)(H,107,108);;;;/q;4*+1/p-4. The molecule has 24 nitrogen and oxygen atoms in total. The van der Waals surface area contributed by atoms with E-state index >= 15 is 0 Å². The molecule has 21 rings (SSSR count). The molecule has 16 aromatic rings. The number of nitrogens with zero attached hydrogens (tertiary/aromatic N) is 4. The molecule has 120 heavy (non-hydrogen) atoms. The minimum Gasteiger partial charge on any atom is -0.545 e. The summed E-state index contributed by atoms with van der Waals surface area (Å²) in [4.78, 5) is 81.8. The van der Waals surface area contributed by atoms with Gasteiger partial charge in [0.25, 0.3) is 0 Å². The van der Waals surface area contributed by atoms with E-state index < -0.39 is 47.5 Å². The third kappa shape index (κ3) is 13.9. The minimum absolute atomic E-state index is 0. The molecule has 5 aliphatic rings. The van der Waals surface area contributed by atoms with E-state index in [0.29, 0.717) is 184 Å². The Morgan fingerprint density at radius 2 is 0.417 bits per heavy atom. The van der Waals surface area contributed by atoms with Crippen molar-refractivity contribution in [3.05, 3.63) is 261 Å². The summed E-state index contributed by atoms with van der Waals surface area (Å²) in [6.45, 7) is 8.52. The number of carbonyl (C=O) groups excluding carboxylic acids is 4. The number of hydrogen-bond acceptors (Lipinski definition) is 20. The van der Waals surface area contributed by atoms with Crippen molar-refractivity contribution in [1.29, 1.82) is 0 Å². The Balaban J connectivity index is 0.00000257. The first kappa shape index (κ1) is 81.2. The zero-order chi connectivity index (χ0) is 78.8. The third-order valence-electron chi connectivity index (χ3n) is 22.7. The summed E-state index contributed by atoms with van der Waals surface area (Å²) in [7, 11) is 0. The number of carbonyl (C=O) groups is 4. The Morgan fingerprint density at radius 1 is 0.250 bits per heavy atom. The fraction of sp³-hybridized carbons (Fsp3) is 0.130. The number of fused-ring (bicyclic) bond motifs is 8. The molecule has 0 saturated carbocycles. The van der Waals surface area contributed by atoms with E-state index in [1.54, 1.807) is 72.8 Å². The second-order valence-electron chi connectivity index (χ2n) is 29.4. The van der Waals surface area contributed by atoms with Crippen LogP contribution in [0.5, 0.6) is 92.0 Å². The van der Waals surface area contributed by atoms with Crippen LogP contribution in [0.25, 0.3) is 89.7 Å². The molecule has 8 bridgehead atoms. The SMILES string of the molecule is CCC1c2cc3c4cc2Oc2cc5nc(-c6ccc(C(=O)[O-])cc6)[nH]c5cc2Oc2cc5c(cc21)C(CC)c1cc2c(cc1Oc1cc6[nH]c(-c7ccc(C(=O)[O-])cc7)nc6cc1O5)Oc1cc5[nH]c(-c6ccc(C(=O)[O-])cc6)nc5cc1Oc1cc(c(cc1C2CC)C3CC)Oc1cc2[nH]c(-c3ccc(C(=O)[O-])cc3)nc2cc1O4.[Na+].[Na+].[Na+].[Na+]. The number of benzene rings is 12. The van der Waals surface area contributed by atoms with Gasteiger partial charge in [0, 0.05) is 163 Å². The molecule has 4 atom stereocenters. The Morgan fingerprint density at radius 3 is 0.575 bits per heavy atom. The largest absolute Gasteiger partial charge is 1.00 e. The van der Waals surface area contributed by atoms with Crippen molar-refractivity contribution >= 4 is 68.0 Å². The van der Waals surface area contributed by atoms with Crippen molar-refractivity contribution in [3.8, 4) is 138 Å². The average molecular weight is 1630 g/mol. The molecule has 28 heteroatoms. The van der Waals surface area contributed by atoms with Crippen molar-refractivity contribution < 1.29 is 196 Å². The number of rotatable bonds is 12. The Labute approximate surface area is 771 Å². The van der Waals surface area contributed by atoms with Gasteiger partial charge in [0.05, 0.1) is 68.0 Å². The van der Waals surface area contributed by atoms with Crippen molar-refractivity contribution in [2.75, 3.05) is 0 Å². The van der Waals surface area contributed by atoms with E-state index in [2.05, 4.69) is 71.9 Å². The molecule has 568 valence electrons. The zero-order valence-corrected chi connectivity index (χ0v) is 73.9. The molecule has 0 spiro atoms. The maximum atomic E-state index is 11.9. The molecular formula is C92H60N8Na4O16. The van der Waals surface area contributed by atoms with Gasteiger partial charge in [-0.15, -0.1) is 0 Å². The summed E-state index contributed by atoms with van der Waals surface area (Å²) in [5.41, 5.74) is 13.0. The number of carboxylic acids is 4. The number of H-pyrrole nitrogens is 4. The molecule has 4 unspecified atom stereocenters. The van der Waals surface area contributed by atoms with Gasteiger partial charge in [0.15, 0.2) is 46.0 Å². The second-order valence-corrected chi connectivity index (χ2v) is 29.4. The van der Waals surface area contributed by atoms with E-state index in [4.69, 9.17) is 57.8 Å². The molecule has 0 radical (unpaired) electrons. The molecule has 4 N–H and O–H groups in total. The molecule has 12 aromatic carbocycles. The summed E-state index contributed by atoms with van der Waals surface area (Å²) in [5.74, 6) is 0.306. The maximum Gasteiger partial charge on any atom is 1.00 e. The fourth-order valence-electron chi connectivity index (χ4n) is 17.0. The van der Waals surface area contributed by atoms with Gasteiger partial charge in [-0.1, -0.05) is 125 Å². The predicted molar refractivity (Wildman–Crippen MR) is 418 cm³/mol. The maximum absolute atomic E-state index is 11.9. The van der Waals surface area contributed by atoms with Crippen LogP contribution in [0.3, 0.4) is 0 Å². The molecule has 0 saturated heterocycles. The summed E-state index contributed by atoms with van der Waals surface area (Å²) in [6.07, 6.45) is 2.03. The molecule has 0 amide bonds. The van der Waals surface area contributed by atoms with Crippen LogP contribution in [0, 0.1) is 0 Å². The smallest absolute Gasteiger partial charge is 0.545 e. The van der Waals surface area contributed by atoms with Gasteiger partial charge >= 0.3 is 118 Å². The monoisotopic (exact) mass is 1620 g/mol. The van der Waals surface area contributed by atoms with Crippen LogP contribution < -0.4 is 177 Å². The van der Waals surface area contributed by atoms with Crippen LogP contribution in [0.2, 0.25) is 0 Å². The van der Waals surface area contributed by atoms with Crippen LogP contribution in [0.15, 0.2) is 194 Å². The van der Waals surface area contributed by atoms with Gasteiger partial charge in [-0.3, -0.25) is 0 Å². The summed E-state index contributed by atoms with van der Waals surface area (Å²) in [5, 5.41) is 47.7. The number of ether oxygens (including phenoxy) is 8. The van der Waals surface area contributed by atoms with Gasteiger partial charge in [-0.25, -0.2) is 19.9 Å². The number of nitrogens with one attached hydrogen (secondary N) is 4. The van der Waals surface area contributed by atoms with Crippen LogP contribution >= 0.6 is 0 Å². The van der Waals surface area contributed by atoms with Gasteiger partial charge in [0.1, 0.15) is 69.3 Å². The quantitative estimate of drug-likeness (QED) is 0.111. The Kier molecular flexibility index (Phi) is 21.5. The Hall–Kier alpha value is -11.2. The number of aromatic amines is 4. The Bertz CT molecular complexity index is 5870. The van der Waals surface area contributed by atoms with Crippen molar-refractivity contribution in [1.82, 2.24) is 39.9 Å². The third-order valence-corrected chi connectivity index (χ3v) is 22.7. The topological polar surface area (TPSA) is 349 Å². The first-order valence-corrected chi connectivity index (χ1v) is 38.0. The van der Waals surface area contributed by atoms with Gasteiger partial charge in [-0.05, 0) is 72.2 Å². The number of imidazole rings is 4. The van der Waals surface area contributed by atoms with Gasteiger partial charge in [0.2, 0.25) is 0 Å². The molecular weight excluding hydrogens is 1570 g/mol. The second kappa shape index (κ2) is 31.7. The molecule has 0 fully saturated rings. The number of aromatic carboxylic acids is 4. The number of aromatic nitrogens is 8. The average Bonchev–Trinajstić information content (AvgIpc) is 1.45. The minimum atomic E-state index is -1.31. The van der Waals surface area contributed by atoms with E-state index in [-0.39, 0.29) is 163 Å². The summed E-state index contributed by atoms with van der Waals surface area (Å²) < 4.78 is 59.9. The van der Waals surface area contributed by atoms with E-state index in [1.807, 2.05) is 48.5 Å². The molecule has 8 heterocycles. The normalized spacial score (nSPS) is 15.2.